The van der Waals surface area contributed by atoms with Gasteiger partial charge in [0.15, 0.2) is 0 Å². The van der Waals surface area contributed by atoms with Crippen molar-refractivity contribution in [3.05, 3.63) is 54.6 Å². The van der Waals surface area contributed by atoms with Crippen LogP contribution in [0.3, 0.4) is 0 Å². The number of ether oxygens (including phenoxy) is 1. The van der Waals surface area contributed by atoms with Crippen molar-refractivity contribution in [2.75, 3.05) is 5.32 Å². The number of anilines is 1. The summed E-state index contributed by atoms with van der Waals surface area (Å²) in [6.07, 6.45) is 0. The monoisotopic (exact) mass is 284 g/mol. The Balaban J connectivity index is 2.03. The number of amides is 2. The summed E-state index contributed by atoms with van der Waals surface area (Å²) in [4.78, 5) is 11.8. The number of hydrogen-bond donors (Lipinski definition) is 2. The fourth-order valence-corrected chi connectivity index (χ4v) is 1.76. The molecule has 21 heavy (non-hydrogen) atoms. The molecule has 110 valence electrons. The first-order valence-corrected chi connectivity index (χ1v) is 6.84. The van der Waals surface area contributed by atoms with Crippen LogP contribution < -0.4 is 15.4 Å². The van der Waals surface area contributed by atoms with Crippen LogP contribution in [0.5, 0.6) is 11.5 Å². The molecule has 2 aromatic rings. The van der Waals surface area contributed by atoms with Crippen LogP contribution in [-0.2, 0) is 0 Å². The van der Waals surface area contributed by atoms with E-state index in [1.165, 1.54) is 0 Å². The zero-order valence-electron chi connectivity index (χ0n) is 12.5. The summed E-state index contributed by atoms with van der Waals surface area (Å²) in [7, 11) is 0. The predicted molar refractivity (Wildman–Crippen MR) is 84.9 cm³/mol. The summed E-state index contributed by atoms with van der Waals surface area (Å²) in [5.74, 6) is 1.43. The molecule has 0 saturated heterocycles. The first-order chi connectivity index (χ1) is 9.92. The van der Waals surface area contributed by atoms with E-state index in [1.807, 2.05) is 69.3 Å². The van der Waals surface area contributed by atoms with Gasteiger partial charge >= 0.3 is 6.03 Å². The van der Waals surface area contributed by atoms with Crippen LogP contribution >= 0.6 is 0 Å². The van der Waals surface area contributed by atoms with E-state index in [4.69, 9.17) is 4.74 Å². The minimum absolute atomic E-state index is 0.237. The SMILES string of the molecule is CC(C)(C)NC(=O)Nc1cccc(Oc2ccccc2)c1. The van der Waals surface area contributed by atoms with E-state index in [1.54, 1.807) is 6.07 Å². The third kappa shape index (κ3) is 5.18. The summed E-state index contributed by atoms with van der Waals surface area (Å²) in [6, 6.07) is 16.6. The number of urea groups is 1. The van der Waals surface area contributed by atoms with Crippen LogP contribution in [0.4, 0.5) is 10.5 Å². The Bertz CT molecular complexity index is 604. The molecule has 4 heteroatoms. The molecule has 0 bridgehead atoms. The summed E-state index contributed by atoms with van der Waals surface area (Å²) < 4.78 is 5.73. The zero-order chi connectivity index (χ0) is 15.3. The van der Waals surface area contributed by atoms with Crippen molar-refractivity contribution in [2.45, 2.75) is 26.3 Å². The Kier molecular flexibility index (Phi) is 4.48. The second kappa shape index (κ2) is 6.31. The van der Waals surface area contributed by atoms with Crippen LogP contribution in [0.2, 0.25) is 0 Å². The highest BCUT2D eigenvalue weighted by Crippen LogP contribution is 2.23. The van der Waals surface area contributed by atoms with Crippen LogP contribution in [0.15, 0.2) is 54.6 Å². The van der Waals surface area contributed by atoms with Gasteiger partial charge in [-0.1, -0.05) is 24.3 Å². The van der Waals surface area contributed by atoms with Gasteiger partial charge in [-0.15, -0.1) is 0 Å². The Morgan fingerprint density at radius 3 is 2.29 bits per heavy atom. The molecule has 0 spiro atoms. The normalized spacial score (nSPS) is 10.8. The number of nitrogens with one attached hydrogen (secondary N) is 2. The fraction of sp³-hybridized carbons (Fsp3) is 0.235. The molecule has 0 aromatic heterocycles. The second-order valence-electron chi connectivity index (χ2n) is 5.77. The number of carbonyl (C=O) groups excluding carboxylic acids is 1. The molecule has 0 aliphatic rings. The van der Waals surface area contributed by atoms with E-state index >= 15 is 0 Å². The van der Waals surface area contributed by atoms with Gasteiger partial charge in [0.1, 0.15) is 11.5 Å². The highest BCUT2D eigenvalue weighted by molar-refractivity contribution is 5.89. The largest absolute Gasteiger partial charge is 0.457 e. The summed E-state index contributed by atoms with van der Waals surface area (Å²) >= 11 is 0. The molecular formula is C17H20N2O2. The minimum atomic E-state index is -0.276. The maximum Gasteiger partial charge on any atom is 0.319 e. The van der Waals surface area contributed by atoms with E-state index in [2.05, 4.69) is 10.6 Å². The van der Waals surface area contributed by atoms with E-state index in [9.17, 15) is 4.79 Å². The van der Waals surface area contributed by atoms with E-state index in [0.717, 1.165) is 5.75 Å². The maximum atomic E-state index is 11.8. The summed E-state index contributed by atoms with van der Waals surface area (Å²) in [5.41, 5.74) is 0.410. The average molecular weight is 284 g/mol. The van der Waals surface area contributed by atoms with Crippen LogP contribution in [0.25, 0.3) is 0 Å². The van der Waals surface area contributed by atoms with Gasteiger partial charge in [0.2, 0.25) is 0 Å². The van der Waals surface area contributed by atoms with Gasteiger partial charge < -0.3 is 15.4 Å². The Hall–Kier alpha value is -2.49. The van der Waals surface area contributed by atoms with Crippen LogP contribution in [0.1, 0.15) is 20.8 Å². The van der Waals surface area contributed by atoms with Crippen molar-refractivity contribution in [1.82, 2.24) is 5.32 Å². The lowest BCUT2D eigenvalue weighted by atomic mass is 10.1. The van der Waals surface area contributed by atoms with Crippen molar-refractivity contribution in [3.8, 4) is 11.5 Å². The molecular weight excluding hydrogens is 264 g/mol. The third-order valence-electron chi connectivity index (χ3n) is 2.56. The number of hydrogen-bond acceptors (Lipinski definition) is 2. The minimum Gasteiger partial charge on any atom is -0.457 e. The molecule has 2 amide bonds. The smallest absolute Gasteiger partial charge is 0.319 e. The molecule has 0 heterocycles. The molecule has 2 N–H and O–H groups in total. The van der Waals surface area contributed by atoms with E-state index in [0.29, 0.717) is 11.4 Å². The van der Waals surface area contributed by atoms with Gasteiger partial charge in [-0.25, -0.2) is 4.79 Å². The fourth-order valence-electron chi connectivity index (χ4n) is 1.76. The van der Waals surface area contributed by atoms with Crippen molar-refractivity contribution >= 4 is 11.7 Å². The Morgan fingerprint density at radius 1 is 0.952 bits per heavy atom. The molecule has 0 aliphatic heterocycles. The number of rotatable bonds is 3. The summed E-state index contributed by atoms with van der Waals surface area (Å²) in [5, 5.41) is 5.64. The topological polar surface area (TPSA) is 50.4 Å². The molecule has 2 aromatic carbocycles. The van der Waals surface area contributed by atoms with Crippen molar-refractivity contribution in [2.24, 2.45) is 0 Å². The van der Waals surface area contributed by atoms with E-state index in [-0.39, 0.29) is 11.6 Å². The van der Waals surface area contributed by atoms with Crippen molar-refractivity contribution in [3.63, 3.8) is 0 Å². The lowest BCUT2D eigenvalue weighted by molar-refractivity contribution is 0.244. The molecule has 2 rings (SSSR count). The molecule has 0 atom stereocenters. The van der Waals surface area contributed by atoms with Gasteiger partial charge in [0.05, 0.1) is 0 Å². The first kappa shape index (κ1) is 14.9. The average Bonchev–Trinajstić information content (AvgIpc) is 2.38. The van der Waals surface area contributed by atoms with Crippen LogP contribution in [0, 0.1) is 0 Å². The van der Waals surface area contributed by atoms with Gasteiger partial charge in [-0.05, 0) is 45.0 Å². The predicted octanol–water partition coefficient (Wildman–Crippen LogP) is 4.40. The molecule has 0 saturated carbocycles. The van der Waals surface area contributed by atoms with Gasteiger partial charge in [-0.3, -0.25) is 0 Å². The standard InChI is InChI=1S/C17H20N2O2/c1-17(2,3)19-16(20)18-13-8-7-11-15(12-13)21-14-9-5-4-6-10-14/h4-12H,1-3H3,(H2,18,19,20). The number of para-hydroxylation sites is 1. The van der Waals surface area contributed by atoms with Gasteiger partial charge in [-0.2, -0.15) is 0 Å². The van der Waals surface area contributed by atoms with Crippen molar-refractivity contribution < 1.29 is 9.53 Å². The Morgan fingerprint density at radius 2 is 1.62 bits per heavy atom. The number of benzene rings is 2. The molecule has 0 unspecified atom stereocenters. The quantitative estimate of drug-likeness (QED) is 0.877. The number of carbonyl (C=O) groups is 1. The van der Waals surface area contributed by atoms with Crippen molar-refractivity contribution in [1.29, 1.82) is 0 Å². The first-order valence-electron chi connectivity index (χ1n) is 6.84. The van der Waals surface area contributed by atoms with Gasteiger partial charge in [0.25, 0.3) is 0 Å². The van der Waals surface area contributed by atoms with Crippen LogP contribution in [-0.4, -0.2) is 11.6 Å². The highest BCUT2D eigenvalue weighted by atomic mass is 16.5. The second-order valence-corrected chi connectivity index (χ2v) is 5.77. The zero-order valence-corrected chi connectivity index (χ0v) is 12.5. The molecule has 0 aliphatic carbocycles. The third-order valence-corrected chi connectivity index (χ3v) is 2.56. The molecule has 4 nitrogen and oxygen atoms in total. The lowest BCUT2D eigenvalue weighted by Gasteiger charge is -2.20. The van der Waals surface area contributed by atoms with E-state index < -0.39 is 0 Å². The molecule has 0 fully saturated rings. The lowest BCUT2D eigenvalue weighted by Crippen LogP contribution is -2.43. The highest BCUT2D eigenvalue weighted by Gasteiger charge is 2.13. The Labute approximate surface area is 125 Å². The van der Waals surface area contributed by atoms with Gasteiger partial charge in [0, 0.05) is 17.3 Å². The summed E-state index contributed by atoms with van der Waals surface area (Å²) in [6.45, 7) is 5.80. The molecule has 0 radical (unpaired) electrons. The maximum absolute atomic E-state index is 11.8.